The second-order valence-corrected chi connectivity index (χ2v) is 5.20. The van der Waals surface area contributed by atoms with Gasteiger partial charge in [-0.15, -0.1) is 10.2 Å². The molecule has 19 heavy (non-hydrogen) atoms. The predicted octanol–water partition coefficient (Wildman–Crippen LogP) is 2.43. The van der Waals surface area contributed by atoms with Gasteiger partial charge >= 0.3 is 0 Å². The predicted molar refractivity (Wildman–Crippen MR) is 75.6 cm³/mol. The molecule has 0 radical (unpaired) electrons. The Labute approximate surface area is 118 Å². The van der Waals surface area contributed by atoms with Crippen LogP contribution >= 0.6 is 11.6 Å². The van der Waals surface area contributed by atoms with Crippen molar-refractivity contribution >= 4 is 11.6 Å². The molecule has 1 N–H and O–H groups in total. The fraction of sp³-hybridized carbons (Fsp3) is 0.462. The van der Waals surface area contributed by atoms with Gasteiger partial charge in [0, 0.05) is 23.8 Å². The summed E-state index contributed by atoms with van der Waals surface area (Å²) in [6.07, 6.45) is 0. The number of nitrogens with zero attached hydrogens (tertiary/aromatic N) is 4. The zero-order valence-corrected chi connectivity index (χ0v) is 12.4. The first-order valence-electron chi connectivity index (χ1n) is 6.27. The van der Waals surface area contributed by atoms with Gasteiger partial charge in [-0.25, -0.2) is 4.68 Å². The van der Waals surface area contributed by atoms with Gasteiger partial charge in [-0.2, -0.15) is 5.10 Å². The van der Waals surface area contributed by atoms with Crippen LogP contribution in [0.2, 0.25) is 5.15 Å². The fourth-order valence-electron chi connectivity index (χ4n) is 1.88. The number of hydrogen-bond acceptors (Lipinski definition) is 4. The first-order chi connectivity index (χ1) is 8.99. The minimum atomic E-state index is 0.381. The van der Waals surface area contributed by atoms with E-state index in [1.165, 1.54) is 5.56 Å². The van der Waals surface area contributed by atoms with Crippen LogP contribution in [0.5, 0.6) is 0 Å². The third-order valence-corrected chi connectivity index (χ3v) is 3.16. The van der Waals surface area contributed by atoms with Gasteiger partial charge < -0.3 is 5.32 Å². The maximum absolute atomic E-state index is 5.75. The molecule has 0 atom stereocenters. The first-order valence-corrected chi connectivity index (χ1v) is 6.65. The van der Waals surface area contributed by atoms with Crippen molar-refractivity contribution in [2.45, 2.75) is 40.3 Å². The summed E-state index contributed by atoms with van der Waals surface area (Å²) in [5.41, 5.74) is 3.27. The van der Waals surface area contributed by atoms with Gasteiger partial charge in [0.25, 0.3) is 0 Å². The highest BCUT2D eigenvalue weighted by Gasteiger charge is 2.13. The molecule has 2 aromatic rings. The van der Waals surface area contributed by atoms with Crippen molar-refractivity contribution in [1.29, 1.82) is 0 Å². The molecule has 0 aliphatic carbocycles. The van der Waals surface area contributed by atoms with Crippen molar-refractivity contribution < 1.29 is 0 Å². The van der Waals surface area contributed by atoms with E-state index in [1.54, 1.807) is 10.7 Å². The molecule has 0 aliphatic rings. The third-order valence-electron chi connectivity index (χ3n) is 2.96. The van der Waals surface area contributed by atoms with E-state index < -0.39 is 0 Å². The first kappa shape index (κ1) is 14.0. The summed E-state index contributed by atoms with van der Waals surface area (Å²) in [7, 11) is 0. The quantitative estimate of drug-likeness (QED) is 0.934. The van der Waals surface area contributed by atoms with Gasteiger partial charge in [0.15, 0.2) is 11.0 Å². The van der Waals surface area contributed by atoms with E-state index in [-0.39, 0.29) is 0 Å². The van der Waals surface area contributed by atoms with Crippen molar-refractivity contribution in [3.05, 3.63) is 34.2 Å². The largest absolute Gasteiger partial charge is 0.310 e. The number of aromatic nitrogens is 4. The van der Waals surface area contributed by atoms with Gasteiger partial charge in [0.2, 0.25) is 0 Å². The molecule has 0 aromatic carbocycles. The number of aryl methyl sites for hydroxylation is 1. The average molecular weight is 280 g/mol. The van der Waals surface area contributed by atoms with Crippen molar-refractivity contribution in [3.63, 3.8) is 0 Å². The van der Waals surface area contributed by atoms with Gasteiger partial charge in [-0.1, -0.05) is 25.4 Å². The van der Waals surface area contributed by atoms with Crippen molar-refractivity contribution in [1.82, 2.24) is 25.3 Å². The smallest absolute Gasteiger partial charge is 0.176 e. The highest BCUT2D eigenvalue weighted by molar-refractivity contribution is 6.29. The summed E-state index contributed by atoms with van der Waals surface area (Å²) in [6.45, 7) is 9.09. The van der Waals surface area contributed by atoms with Gasteiger partial charge in [-0.05, 0) is 26.0 Å². The molecule has 0 saturated heterocycles. The molecule has 5 nitrogen and oxygen atoms in total. The molecule has 0 spiro atoms. The van der Waals surface area contributed by atoms with Crippen LogP contribution in [0.4, 0.5) is 0 Å². The summed E-state index contributed by atoms with van der Waals surface area (Å²) >= 11 is 5.75. The van der Waals surface area contributed by atoms with Crippen LogP contribution < -0.4 is 5.32 Å². The monoisotopic (exact) mass is 279 g/mol. The van der Waals surface area contributed by atoms with E-state index in [4.69, 9.17) is 11.6 Å². The molecule has 0 bridgehead atoms. The van der Waals surface area contributed by atoms with Crippen molar-refractivity contribution in [2.24, 2.45) is 0 Å². The number of hydrogen-bond donors (Lipinski definition) is 1. The van der Waals surface area contributed by atoms with E-state index >= 15 is 0 Å². The summed E-state index contributed by atoms with van der Waals surface area (Å²) in [4.78, 5) is 0. The topological polar surface area (TPSA) is 55.6 Å². The Bertz CT molecular complexity index is 559. The number of nitrogens with one attached hydrogen (secondary N) is 1. The van der Waals surface area contributed by atoms with Crippen molar-refractivity contribution in [2.75, 3.05) is 0 Å². The maximum Gasteiger partial charge on any atom is 0.176 e. The number of halogens is 1. The van der Waals surface area contributed by atoms with Crippen molar-refractivity contribution in [3.8, 4) is 5.82 Å². The molecule has 2 rings (SSSR count). The minimum absolute atomic E-state index is 0.381. The second-order valence-electron chi connectivity index (χ2n) is 4.81. The normalized spacial score (nSPS) is 11.3. The number of rotatable bonds is 4. The lowest BCUT2D eigenvalue weighted by Crippen LogP contribution is -2.22. The Balaban J connectivity index is 2.32. The SMILES string of the molecule is Cc1nn(-c2ccc(Cl)nn2)c(C)c1CNC(C)C. The molecule has 0 unspecified atom stereocenters. The van der Waals surface area contributed by atoms with E-state index in [2.05, 4.69) is 34.5 Å². The van der Waals surface area contributed by atoms with E-state index in [1.807, 2.05) is 19.9 Å². The second kappa shape index (κ2) is 5.67. The minimum Gasteiger partial charge on any atom is -0.310 e. The van der Waals surface area contributed by atoms with Gasteiger partial charge in [0.1, 0.15) is 0 Å². The fourth-order valence-corrected chi connectivity index (χ4v) is 1.98. The Kier molecular flexibility index (Phi) is 4.17. The molecule has 6 heteroatoms. The lowest BCUT2D eigenvalue weighted by atomic mass is 10.2. The standard InChI is InChI=1S/C13H18ClN5/c1-8(2)15-7-11-9(3)18-19(10(11)4)13-6-5-12(14)16-17-13/h5-6,8,15H,7H2,1-4H3. The van der Waals surface area contributed by atoms with Crippen LogP contribution in [0.15, 0.2) is 12.1 Å². The average Bonchev–Trinajstić information content (AvgIpc) is 2.63. The molecular formula is C13H18ClN5. The Morgan fingerprint density at radius 1 is 1.26 bits per heavy atom. The van der Waals surface area contributed by atoms with Gasteiger partial charge in [0.05, 0.1) is 5.69 Å². The zero-order valence-electron chi connectivity index (χ0n) is 11.6. The molecule has 0 fully saturated rings. The van der Waals surface area contributed by atoms with Crippen LogP contribution in [0.1, 0.15) is 30.8 Å². The van der Waals surface area contributed by atoms with E-state index in [0.717, 1.165) is 17.9 Å². The highest BCUT2D eigenvalue weighted by Crippen LogP contribution is 2.17. The summed E-state index contributed by atoms with van der Waals surface area (Å²) in [5.74, 6) is 0.681. The molecule has 2 aromatic heterocycles. The summed E-state index contributed by atoms with van der Waals surface area (Å²) in [5, 5.41) is 16.2. The van der Waals surface area contributed by atoms with Crippen LogP contribution in [-0.4, -0.2) is 26.0 Å². The lowest BCUT2D eigenvalue weighted by molar-refractivity contribution is 0.586. The Morgan fingerprint density at radius 3 is 2.58 bits per heavy atom. The Morgan fingerprint density at radius 2 is 2.00 bits per heavy atom. The molecule has 0 saturated carbocycles. The van der Waals surface area contributed by atoms with E-state index in [0.29, 0.717) is 17.0 Å². The van der Waals surface area contributed by atoms with Crippen LogP contribution in [0.25, 0.3) is 5.82 Å². The maximum atomic E-state index is 5.75. The van der Waals surface area contributed by atoms with Crippen LogP contribution in [0, 0.1) is 13.8 Å². The summed E-state index contributed by atoms with van der Waals surface area (Å²) < 4.78 is 1.80. The molecule has 102 valence electrons. The van der Waals surface area contributed by atoms with E-state index in [9.17, 15) is 0 Å². The molecule has 2 heterocycles. The molecular weight excluding hydrogens is 262 g/mol. The zero-order chi connectivity index (χ0) is 14.0. The highest BCUT2D eigenvalue weighted by atomic mass is 35.5. The van der Waals surface area contributed by atoms with Crippen LogP contribution in [0.3, 0.4) is 0 Å². The molecule has 0 amide bonds. The third kappa shape index (κ3) is 3.11. The van der Waals surface area contributed by atoms with Gasteiger partial charge in [-0.3, -0.25) is 0 Å². The lowest BCUT2D eigenvalue weighted by Gasteiger charge is -2.08. The van der Waals surface area contributed by atoms with Crippen LogP contribution in [-0.2, 0) is 6.54 Å². The molecule has 0 aliphatic heterocycles. The Hall–Kier alpha value is -1.46. The summed E-state index contributed by atoms with van der Waals surface area (Å²) in [6, 6.07) is 3.97.